The van der Waals surface area contributed by atoms with E-state index in [9.17, 15) is 14.7 Å². The van der Waals surface area contributed by atoms with Crippen LogP contribution in [0.3, 0.4) is 0 Å². The maximum atomic E-state index is 13.2. The average Bonchev–Trinajstić information content (AvgIpc) is 2.72. The monoisotopic (exact) mass is 426 g/mol. The molecule has 1 fully saturated rings. The summed E-state index contributed by atoms with van der Waals surface area (Å²) in [4.78, 5) is 24.0. The zero-order chi connectivity index (χ0) is 21.7. The number of methoxy groups -OCH3 is 1. The second-order valence-electron chi connectivity index (χ2n) is 6.47. The maximum Gasteiger partial charge on any atom is 0.235 e. The third kappa shape index (κ3) is 4.69. The van der Waals surface area contributed by atoms with Gasteiger partial charge < -0.3 is 35.3 Å². The number of hydrogen-bond acceptors (Lipinski definition) is 6. The number of amides is 1. The van der Waals surface area contributed by atoms with Gasteiger partial charge in [0.05, 0.1) is 24.8 Å². The topological polar surface area (TPSA) is 112 Å². The van der Waals surface area contributed by atoms with Crippen molar-refractivity contribution in [3.63, 3.8) is 0 Å². The molecule has 9 heteroatoms. The Balaban J connectivity index is 1.94. The van der Waals surface area contributed by atoms with Crippen molar-refractivity contribution in [3.05, 3.63) is 66.4 Å². The predicted molar refractivity (Wildman–Crippen MR) is 113 cm³/mol. The van der Waals surface area contributed by atoms with Crippen LogP contribution in [0.1, 0.15) is 11.6 Å². The lowest BCUT2D eigenvalue weighted by atomic mass is 9.87. The van der Waals surface area contributed by atoms with Crippen molar-refractivity contribution in [3.8, 4) is 11.5 Å². The summed E-state index contributed by atoms with van der Waals surface area (Å²) in [5.41, 5.74) is 1.46. The molecular weight excluding hydrogens is 406 g/mol. The van der Waals surface area contributed by atoms with Crippen LogP contribution in [0.2, 0.25) is 0 Å². The molecule has 0 radical (unpaired) electrons. The van der Waals surface area contributed by atoms with Crippen molar-refractivity contribution in [2.75, 3.05) is 19.0 Å². The van der Waals surface area contributed by atoms with E-state index in [0.29, 0.717) is 33.6 Å². The first kappa shape index (κ1) is 21.1. The lowest BCUT2D eigenvalue weighted by Crippen LogP contribution is -2.51. The van der Waals surface area contributed by atoms with E-state index in [4.69, 9.17) is 21.7 Å². The Kier molecular flexibility index (Phi) is 6.53. The largest absolute Gasteiger partial charge is 0.546 e. The fourth-order valence-electron chi connectivity index (χ4n) is 3.22. The number of hydrogen-bond donors (Lipinski definition) is 3. The van der Waals surface area contributed by atoms with E-state index in [2.05, 4.69) is 22.5 Å². The van der Waals surface area contributed by atoms with E-state index >= 15 is 0 Å². The van der Waals surface area contributed by atoms with Crippen LogP contribution < -0.4 is 30.5 Å². The minimum atomic E-state index is -1.35. The number of rotatable bonds is 7. The minimum absolute atomic E-state index is 0.293. The quantitative estimate of drug-likeness (QED) is 0.565. The molecule has 2 aromatic rings. The van der Waals surface area contributed by atoms with E-state index < -0.39 is 24.5 Å². The number of carbonyl (C=O) groups is 2. The van der Waals surface area contributed by atoms with Gasteiger partial charge in [-0.2, -0.15) is 0 Å². The highest BCUT2D eigenvalue weighted by Crippen LogP contribution is 2.36. The smallest absolute Gasteiger partial charge is 0.235 e. The summed E-state index contributed by atoms with van der Waals surface area (Å²) in [5.74, 6) is -1.68. The molecule has 3 rings (SSSR count). The molecule has 0 saturated carbocycles. The highest BCUT2D eigenvalue weighted by atomic mass is 32.1. The van der Waals surface area contributed by atoms with Crippen molar-refractivity contribution in [1.82, 2.24) is 10.6 Å². The van der Waals surface area contributed by atoms with Crippen LogP contribution in [0.5, 0.6) is 11.5 Å². The molecule has 1 aliphatic rings. The van der Waals surface area contributed by atoms with Crippen LogP contribution in [0, 0.1) is 5.92 Å². The molecule has 3 N–H and O–H groups in total. The van der Waals surface area contributed by atoms with Gasteiger partial charge in [-0.1, -0.05) is 36.9 Å². The average molecular weight is 426 g/mol. The van der Waals surface area contributed by atoms with E-state index in [-0.39, 0.29) is 5.91 Å². The van der Waals surface area contributed by atoms with Crippen molar-refractivity contribution in [2.45, 2.75) is 6.04 Å². The highest BCUT2D eigenvalue weighted by molar-refractivity contribution is 7.80. The Morgan fingerprint density at radius 2 is 1.83 bits per heavy atom. The molecule has 1 saturated heterocycles. The molecule has 8 nitrogen and oxygen atoms in total. The van der Waals surface area contributed by atoms with Gasteiger partial charge in [-0.25, -0.2) is 0 Å². The molecule has 0 bridgehead atoms. The van der Waals surface area contributed by atoms with Gasteiger partial charge in [0.25, 0.3) is 0 Å². The van der Waals surface area contributed by atoms with Crippen LogP contribution in [0.4, 0.5) is 5.69 Å². The van der Waals surface area contributed by atoms with Gasteiger partial charge in [0, 0.05) is 11.3 Å². The lowest BCUT2D eigenvalue weighted by molar-refractivity contribution is -0.307. The van der Waals surface area contributed by atoms with Crippen LogP contribution in [-0.2, 0) is 9.59 Å². The third-order valence-electron chi connectivity index (χ3n) is 4.52. The van der Waals surface area contributed by atoms with Gasteiger partial charge in [0.1, 0.15) is 24.0 Å². The van der Waals surface area contributed by atoms with Crippen molar-refractivity contribution >= 4 is 34.9 Å². The number of para-hydroxylation sites is 3. The first-order valence-corrected chi connectivity index (χ1v) is 9.43. The number of thiocarbonyl (C=S) groups is 1. The van der Waals surface area contributed by atoms with E-state index in [0.717, 1.165) is 0 Å². The molecule has 2 aromatic carbocycles. The fraction of sp³-hybridized carbons (Fsp3) is 0.190. The Morgan fingerprint density at radius 3 is 2.53 bits per heavy atom. The van der Waals surface area contributed by atoms with Crippen LogP contribution >= 0.6 is 12.2 Å². The first-order valence-electron chi connectivity index (χ1n) is 9.02. The number of aliphatic carboxylic acids is 1. The summed E-state index contributed by atoms with van der Waals surface area (Å²) >= 11 is 5.24. The molecule has 156 valence electrons. The standard InChI is InChI=1S/C21H21N3O5S/c1-12-18(20(27)23-14-8-4-6-10-16(14)28-2)19(24-21(30)22-12)13-7-3-5-9-15(13)29-11-17(25)26/h3-10,18-19H,1,11H2,2H3,(H,23,27)(H,25,26)(H2,22,24,30)/p-1/t18-,19+/m0/s1. The summed E-state index contributed by atoms with van der Waals surface area (Å²) in [6.07, 6.45) is 0. The normalized spacial score (nSPS) is 18.0. The van der Waals surface area contributed by atoms with E-state index in [1.165, 1.54) is 7.11 Å². The predicted octanol–water partition coefficient (Wildman–Crippen LogP) is 1.11. The second kappa shape index (κ2) is 9.27. The van der Waals surface area contributed by atoms with Crippen LogP contribution in [-0.4, -0.2) is 30.7 Å². The first-order chi connectivity index (χ1) is 14.4. The van der Waals surface area contributed by atoms with E-state index in [1.807, 2.05) is 0 Å². The molecule has 1 aliphatic heterocycles. The SMILES string of the molecule is C=C1NC(=S)N[C@H](c2ccccc2OCC(=O)[O-])[C@H]1C(=O)Nc1ccccc1OC. The van der Waals surface area contributed by atoms with E-state index in [1.54, 1.807) is 48.5 Å². The number of carboxylic acid groups (broad SMARTS) is 1. The number of carbonyl (C=O) groups excluding carboxylic acids is 2. The maximum absolute atomic E-state index is 13.2. The Morgan fingerprint density at radius 1 is 1.17 bits per heavy atom. The molecule has 30 heavy (non-hydrogen) atoms. The van der Waals surface area contributed by atoms with Gasteiger partial charge in [-0.05, 0) is 30.4 Å². The summed E-state index contributed by atoms with van der Waals surface area (Å²) in [7, 11) is 1.51. The number of nitrogens with one attached hydrogen (secondary N) is 3. The molecule has 1 heterocycles. The van der Waals surface area contributed by atoms with Gasteiger partial charge in [-0.3, -0.25) is 4.79 Å². The lowest BCUT2D eigenvalue weighted by Gasteiger charge is -2.36. The second-order valence-corrected chi connectivity index (χ2v) is 6.88. The highest BCUT2D eigenvalue weighted by Gasteiger charge is 2.38. The zero-order valence-corrected chi connectivity index (χ0v) is 17.0. The van der Waals surface area contributed by atoms with Gasteiger partial charge in [-0.15, -0.1) is 0 Å². The van der Waals surface area contributed by atoms with Crippen LogP contribution in [0.25, 0.3) is 0 Å². The summed E-state index contributed by atoms with van der Waals surface area (Å²) < 4.78 is 10.6. The zero-order valence-electron chi connectivity index (χ0n) is 16.1. The number of anilines is 1. The van der Waals surface area contributed by atoms with Crippen molar-refractivity contribution < 1.29 is 24.2 Å². The molecule has 0 unspecified atom stereocenters. The Hall–Kier alpha value is -3.59. The van der Waals surface area contributed by atoms with Crippen LogP contribution in [0.15, 0.2) is 60.8 Å². The molecular formula is C21H20N3O5S-. The summed E-state index contributed by atoms with van der Waals surface area (Å²) in [6, 6.07) is 13.2. The van der Waals surface area contributed by atoms with Gasteiger partial charge in [0.2, 0.25) is 5.91 Å². The fourth-order valence-corrected chi connectivity index (χ4v) is 3.47. The van der Waals surface area contributed by atoms with Gasteiger partial charge >= 0.3 is 0 Å². The molecule has 0 aromatic heterocycles. The molecule has 2 atom stereocenters. The number of ether oxygens (including phenoxy) is 2. The number of benzene rings is 2. The summed E-state index contributed by atoms with van der Waals surface area (Å²) in [6.45, 7) is 3.34. The minimum Gasteiger partial charge on any atom is -0.546 e. The summed E-state index contributed by atoms with van der Waals surface area (Å²) in [5, 5.41) is 19.9. The number of carboxylic acids is 1. The Bertz CT molecular complexity index is 994. The van der Waals surface area contributed by atoms with Crippen molar-refractivity contribution in [2.24, 2.45) is 5.92 Å². The third-order valence-corrected chi connectivity index (χ3v) is 4.74. The molecule has 0 spiro atoms. The Labute approximate surface area is 178 Å². The molecule has 0 aliphatic carbocycles. The molecule has 1 amide bonds. The van der Waals surface area contributed by atoms with Gasteiger partial charge in [0.15, 0.2) is 5.11 Å². The van der Waals surface area contributed by atoms with Crippen molar-refractivity contribution in [1.29, 1.82) is 0 Å².